The van der Waals surface area contributed by atoms with Gasteiger partial charge in [0.2, 0.25) is 0 Å². The van der Waals surface area contributed by atoms with Crippen LogP contribution in [0.1, 0.15) is 48.3 Å². The number of aromatic amines is 1. The number of likely N-dealkylation sites (tertiary alicyclic amines) is 2. The maximum Gasteiger partial charge on any atom is 0.298 e. The number of imidazole rings is 1. The van der Waals surface area contributed by atoms with E-state index in [1.807, 2.05) is 6.20 Å². The van der Waals surface area contributed by atoms with Crippen molar-refractivity contribution in [3.63, 3.8) is 0 Å². The highest BCUT2D eigenvalue weighted by Gasteiger charge is 2.44. The third-order valence-corrected chi connectivity index (χ3v) is 5.71. The summed E-state index contributed by atoms with van der Waals surface area (Å²) in [6, 6.07) is 3.47. The van der Waals surface area contributed by atoms with Crippen molar-refractivity contribution in [2.24, 2.45) is 5.92 Å². The van der Waals surface area contributed by atoms with Gasteiger partial charge in [-0.25, -0.2) is 4.98 Å². The monoisotopic (exact) mass is 370 g/mol. The van der Waals surface area contributed by atoms with Crippen molar-refractivity contribution in [3.05, 3.63) is 41.9 Å². The van der Waals surface area contributed by atoms with Crippen LogP contribution in [-0.4, -0.2) is 57.1 Å². The molecule has 1 amide bonds. The molecule has 0 saturated carbocycles. The summed E-state index contributed by atoms with van der Waals surface area (Å²) in [7, 11) is 0. The molecule has 2 atom stereocenters. The molecule has 7 heteroatoms. The number of amides is 1. The van der Waals surface area contributed by atoms with Gasteiger partial charge in [-0.1, -0.05) is 13.3 Å². The minimum absolute atomic E-state index is 0.117. The Morgan fingerprint density at radius 2 is 2.26 bits per heavy atom. The molecule has 0 aromatic carbocycles. The summed E-state index contributed by atoms with van der Waals surface area (Å²) in [6.07, 6.45) is 7.69. The van der Waals surface area contributed by atoms with E-state index >= 15 is 0 Å². The number of hydrogen-bond acceptors (Lipinski definition) is 5. The molecular formula is C20H26N4O3. The molecule has 2 saturated heterocycles. The highest BCUT2D eigenvalue weighted by Crippen LogP contribution is 2.32. The minimum atomic E-state index is -0.555. The van der Waals surface area contributed by atoms with Crippen LogP contribution in [0.15, 0.2) is 29.0 Å². The number of carbonyl (C=O) groups excluding carboxylic acids is 2. The summed E-state index contributed by atoms with van der Waals surface area (Å²) in [5, 5.41) is 0. The normalized spacial score (nSPS) is 22.3. The largest absolute Gasteiger partial charge is 0.461 e. The van der Waals surface area contributed by atoms with Crippen LogP contribution >= 0.6 is 0 Å². The highest BCUT2D eigenvalue weighted by molar-refractivity contribution is 6.41. The molecule has 7 nitrogen and oxygen atoms in total. The number of aromatic nitrogens is 2. The lowest BCUT2D eigenvalue weighted by Crippen LogP contribution is -2.39. The summed E-state index contributed by atoms with van der Waals surface area (Å²) in [5.41, 5.74) is 1.12. The number of rotatable bonds is 7. The van der Waals surface area contributed by atoms with Gasteiger partial charge in [-0.2, -0.15) is 0 Å². The number of fused-ring (bicyclic) bond motifs is 1. The lowest BCUT2D eigenvalue weighted by atomic mass is 10.1. The smallest absolute Gasteiger partial charge is 0.298 e. The number of aryl methyl sites for hydroxylation is 1. The van der Waals surface area contributed by atoms with E-state index in [1.54, 1.807) is 11.0 Å². The first kappa shape index (κ1) is 18.0. The number of hydrogen-bond donors (Lipinski definition) is 1. The lowest BCUT2D eigenvalue weighted by molar-refractivity contribution is -0.126. The first-order chi connectivity index (χ1) is 13.2. The van der Waals surface area contributed by atoms with Crippen LogP contribution < -0.4 is 0 Å². The number of ketones is 1. The Balaban J connectivity index is 1.36. The van der Waals surface area contributed by atoms with Crippen LogP contribution in [0.4, 0.5) is 0 Å². The molecule has 1 N–H and O–H groups in total. The van der Waals surface area contributed by atoms with Crippen molar-refractivity contribution in [1.29, 1.82) is 0 Å². The fraction of sp³-hybridized carbons (Fsp3) is 0.550. The van der Waals surface area contributed by atoms with Crippen LogP contribution in [-0.2, 0) is 17.8 Å². The van der Waals surface area contributed by atoms with E-state index in [-0.39, 0.29) is 5.76 Å². The summed E-state index contributed by atoms with van der Waals surface area (Å²) in [6.45, 7) is 5.27. The third-order valence-electron chi connectivity index (χ3n) is 5.71. The van der Waals surface area contributed by atoms with Crippen LogP contribution in [0.25, 0.3) is 0 Å². The Morgan fingerprint density at radius 1 is 1.37 bits per heavy atom. The van der Waals surface area contributed by atoms with E-state index in [9.17, 15) is 9.59 Å². The maximum absolute atomic E-state index is 12.5. The average molecular weight is 370 g/mol. The molecule has 2 fully saturated rings. The molecule has 27 heavy (non-hydrogen) atoms. The first-order valence-corrected chi connectivity index (χ1v) is 9.79. The number of unbranched alkanes of at least 4 members (excludes halogenated alkanes) is 1. The second-order valence-electron chi connectivity index (χ2n) is 7.56. The van der Waals surface area contributed by atoms with Gasteiger partial charge in [0.25, 0.3) is 11.7 Å². The summed E-state index contributed by atoms with van der Waals surface area (Å²) < 4.78 is 5.08. The molecule has 2 aliphatic heterocycles. The zero-order valence-electron chi connectivity index (χ0n) is 15.7. The Labute approximate surface area is 158 Å². The van der Waals surface area contributed by atoms with Gasteiger partial charge in [-0.15, -0.1) is 0 Å². The van der Waals surface area contributed by atoms with Gasteiger partial charge in [0.15, 0.2) is 5.76 Å². The quantitative estimate of drug-likeness (QED) is 0.597. The van der Waals surface area contributed by atoms with E-state index in [2.05, 4.69) is 21.8 Å². The van der Waals surface area contributed by atoms with Crippen molar-refractivity contribution in [2.45, 2.75) is 45.2 Å². The summed E-state index contributed by atoms with van der Waals surface area (Å²) >= 11 is 0. The van der Waals surface area contributed by atoms with E-state index in [0.29, 0.717) is 25.0 Å². The van der Waals surface area contributed by atoms with Gasteiger partial charge in [-0.3, -0.25) is 14.5 Å². The number of furan rings is 1. The van der Waals surface area contributed by atoms with Crippen LogP contribution in [0.5, 0.6) is 0 Å². The molecule has 2 aromatic rings. The van der Waals surface area contributed by atoms with Gasteiger partial charge < -0.3 is 14.3 Å². The Bertz CT molecular complexity index is 798. The molecule has 0 bridgehead atoms. The summed E-state index contributed by atoms with van der Waals surface area (Å²) in [4.78, 5) is 36.8. The van der Waals surface area contributed by atoms with Gasteiger partial charge in [0.05, 0.1) is 6.26 Å². The zero-order valence-corrected chi connectivity index (χ0v) is 15.7. The predicted octanol–water partition coefficient (Wildman–Crippen LogP) is 2.26. The second kappa shape index (κ2) is 7.68. The molecular weight excluding hydrogens is 344 g/mol. The van der Waals surface area contributed by atoms with E-state index in [4.69, 9.17) is 4.42 Å². The number of nitrogens with zero attached hydrogens (tertiary/aromatic N) is 3. The van der Waals surface area contributed by atoms with Gasteiger partial charge in [-0.05, 0) is 37.4 Å². The number of nitrogens with one attached hydrogen (secondary N) is 1. The Kier molecular flexibility index (Phi) is 5.11. The van der Waals surface area contributed by atoms with Gasteiger partial charge in [0, 0.05) is 44.0 Å². The van der Waals surface area contributed by atoms with Crippen LogP contribution in [0.2, 0.25) is 0 Å². The number of Topliss-reactive ketones (excluding diaryl/α,β-unsaturated/α-hetero) is 1. The van der Waals surface area contributed by atoms with Crippen molar-refractivity contribution in [1.82, 2.24) is 19.8 Å². The zero-order chi connectivity index (χ0) is 18.8. The van der Waals surface area contributed by atoms with Crippen molar-refractivity contribution in [3.8, 4) is 0 Å². The molecule has 0 aliphatic carbocycles. The molecule has 4 heterocycles. The van der Waals surface area contributed by atoms with Gasteiger partial charge in [0.1, 0.15) is 5.82 Å². The highest BCUT2D eigenvalue weighted by atomic mass is 16.3. The first-order valence-electron chi connectivity index (χ1n) is 9.79. The average Bonchev–Trinajstić information content (AvgIpc) is 3.44. The van der Waals surface area contributed by atoms with Crippen molar-refractivity contribution < 1.29 is 14.0 Å². The Hall–Kier alpha value is -2.41. The van der Waals surface area contributed by atoms with Crippen LogP contribution in [0.3, 0.4) is 0 Å². The maximum atomic E-state index is 12.5. The van der Waals surface area contributed by atoms with E-state index in [1.165, 1.54) is 12.3 Å². The third kappa shape index (κ3) is 3.69. The molecule has 0 radical (unpaired) electrons. The topological polar surface area (TPSA) is 82.4 Å². The van der Waals surface area contributed by atoms with E-state index < -0.39 is 11.7 Å². The minimum Gasteiger partial charge on any atom is -0.461 e. The van der Waals surface area contributed by atoms with Gasteiger partial charge >= 0.3 is 0 Å². The predicted molar refractivity (Wildman–Crippen MR) is 99.1 cm³/mol. The fourth-order valence-corrected chi connectivity index (χ4v) is 4.24. The standard InChI is InChI=1S/C20H26N4O3/c1-2-3-6-18-21-10-15(22-18)12-23-8-7-14-11-24(13-16(14)23)20(26)19(25)17-5-4-9-27-17/h4-5,9-10,14,16H,2-3,6-8,11-13H2,1H3,(H,21,22)/t14-,16+/m0/s1. The Morgan fingerprint density at radius 3 is 3.04 bits per heavy atom. The SMILES string of the molecule is CCCCc1ncc(CN2CC[C@H]3CN(C(=O)C(=O)c4ccco4)C[C@H]32)[nH]1. The second-order valence-corrected chi connectivity index (χ2v) is 7.56. The molecule has 0 unspecified atom stereocenters. The van der Waals surface area contributed by atoms with Crippen LogP contribution in [0, 0.1) is 5.92 Å². The summed E-state index contributed by atoms with van der Waals surface area (Å²) in [5.74, 6) is 0.588. The van der Waals surface area contributed by atoms with E-state index in [0.717, 1.165) is 50.3 Å². The molecule has 4 rings (SSSR count). The van der Waals surface area contributed by atoms with Crippen molar-refractivity contribution >= 4 is 11.7 Å². The number of H-pyrrole nitrogens is 1. The number of carbonyl (C=O) groups is 2. The van der Waals surface area contributed by atoms with Crippen molar-refractivity contribution in [2.75, 3.05) is 19.6 Å². The fourth-order valence-electron chi connectivity index (χ4n) is 4.24. The molecule has 144 valence electrons. The molecule has 2 aromatic heterocycles. The lowest BCUT2D eigenvalue weighted by Gasteiger charge is -2.23. The molecule has 0 spiro atoms. The molecule has 2 aliphatic rings.